The zero-order chi connectivity index (χ0) is 26.5. The number of hydrazine groups is 1. The van der Waals surface area contributed by atoms with Crippen molar-refractivity contribution in [2.45, 2.75) is 32.6 Å². The average molecular weight is 525 g/mol. The highest BCUT2D eigenvalue weighted by Crippen LogP contribution is 2.31. The summed E-state index contributed by atoms with van der Waals surface area (Å²) in [6.07, 6.45) is 2.90. The van der Waals surface area contributed by atoms with Crippen LogP contribution in [0.25, 0.3) is 0 Å². The van der Waals surface area contributed by atoms with E-state index in [4.69, 9.17) is 4.74 Å². The Morgan fingerprint density at radius 3 is 2.70 bits per heavy atom. The Balaban J connectivity index is 1.28. The van der Waals surface area contributed by atoms with Crippen LogP contribution in [0.2, 0.25) is 0 Å². The van der Waals surface area contributed by atoms with Crippen molar-refractivity contribution in [2.24, 2.45) is 0 Å². The number of aryl methyl sites for hydroxylation is 2. The molecular weight excluding hydrogens is 496 g/mol. The zero-order valence-electron chi connectivity index (χ0n) is 20.8. The maximum Gasteiger partial charge on any atom is 0.313 e. The summed E-state index contributed by atoms with van der Waals surface area (Å²) in [5.41, 5.74) is 4.89. The molecule has 3 aromatic rings. The second kappa shape index (κ2) is 11.3. The van der Waals surface area contributed by atoms with E-state index < -0.39 is 10.8 Å². The third-order valence-corrected chi connectivity index (χ3v) is 7.35. The minimum Gasteiger partial charge on any atom is -0.484 e. The lowest BCUT2D eigenvalue weighted by Crippen LogP contribution is -2.41. The molecule has 1 fully saturated rings. The fourth-order valence-corrected chi connectivity index (χ4v) is 5.02. The van der Waals surface area contributed by atoms with Crippen LogP contribution >= 0.6 is 11.3 Å². The van der Waals surface area contributed by atoms with Gasteiger partial charge >= 0.3 is 5.69 Å². The van der Waals surface area contributed by atoms with Gasteiger partial charge in [0.15, 0.2) is 6.61 Å². The number of benzene rings is 1. The molecule has 1 N–H and O–H groups in total. The van der Waals surface area contributed by atoms with Crippen LogP contribution in [0, 0.1) is 24.0 Å². The molecule has 194 valence electrons. The Hall–Kier alpha value is -4.06. The number of thiazole rings is 1. The van der Waals surface area contributed by atoms with Crippen LogP contribution in [0.5, 0.6) is 5.75 Å². The lowest BCUT2D eigenvalue weighted by molar-refractivity contribution is -0.384. The van der Waals surface area contributed by atoms with E-state index in [0.29, 0.717) is 18.8 Å². The predicted octanol–water partition coefficient (Wildman–Crippen LogP) is 3.63. The van der Waals surface area contributed by atoms with Gasteiger partial charge in [-0.25, -0.2) is 9.97 Å². The first-order valence-electron chi connectivity index (χ1n) is 11.8. The molecule has 1 saturated heterocycles. The summed E-state index contributed by atoms with van der Waals surface area (Å²) in [5, 5.41) is 14.9. The summed E-state index contributed by atoms with van der Waals surface area (Å²) < 4.78 is 5.69. The highest BCUT2D eigenvalue weighted by molar-refractivity contribution is 7.09. The van der Waals surface area contributed by atoms with Crippen molar-refractivity contribution in [2.75, 3.05) is 31.8 Å². The van der Waals surface area contributed by atoms with Gasteiger partial charge in [-0.05, 0) is 56.0 Å². The topological polar surface area (TPSA) is 131 Å². The Morgan fingerprint density at radius 2 is 2.00 bits per heavy atom. The van der Waals surface area contributed by atoms with Crippen molar-refractivity contribution in [3.05, 3.63) is 73.9 Å². The van der Waals surface area contributed by atoms with Crippen LogP contribution in [-0.4, -0.2) is 58.3 Å². The smallest absolute Gasteiger partial charge is 0.313 e. The van der Waals surface area contributed by atoms with Crippen molar-refractivity contribution in [3.63, 3.8) is 0 Å². The molecular formula is C25H28N6O5S. The van der Waals surface area contributed by atoms with E-state index in [1.807, 2.05) is 32.0 Å². The number of pyridine rings is 1. The molecule has 0 saturated carbocycles. The highest BCUT2D eigenvalue weighted by Gasteiger charge is 2.27. The Labute approximate surface area is 218 Å². The molecule has 2 amide bonds. The van der Waals surface area contributed by atoms with Crippen molar-refractivity contribution in [1.29, 1.82) is 0 Å². The number of nitrogens with zero attached hydrogens (tertiary/aromatic N) is 5. The SMILES string of the molecule is Cc1ccc(OCC(=O)N2CCC(c3nc(C(=O)NN(C)c4ncccc4[N+](=O)[O-])cs3)CC2)cc1C. The number of anilines is 1. The number of hydrogen-bond donors (Lipinski definition) is 1. The Morgan fingerprint density at radius 1 is 1.24 bits per heavy atom. The van der Waals surface area contributed by atoms with E-state index in [9.17, 15) is 19.7 Å². The number of amides is 2. The Bertz CT molecular complexity index is 1300. The first kappa shape index (κ1) is 26.0. The predicted molar refractivity (Wildman–Crippen MR) is 139 cm³/mol. The summed E-state index contributed by atoms with van der Waals surface area (Å²) in [6, 6.07) is 8.55. The maximum atomic E-state index is 12.7. The first-order valence-corrected chi connectivity index (χ1v) is 12.7. The molecule has 4 rings (SSSR count). The molecule has 2 aromatic heterocycles. The van der Waals surface area contributed by atoms with Gasteiger partial charge in [-0.15, -0.1) is 11.3 Å². The number of ether oxygens (including phenoxy) is 1. The molecule has 0 aliphatic carbocycles. The van der Waals surface area contributed by atoms with Gasteiger partial charge in [0.2, 0.25) is 5.82 Å². The normalized spacial score (nSPS) is 13.8. The lowest BCUT2D eigenvalue weighted by atomic mass is 9.97. The molecule has 0 bridgehead atoms. The fraction of sp³-hybridized carbons (Fsp3) is 0.360. The van der Waals surface area contributed by atoms with Crippen molar-refractivity contribution in [1.82, 2.24) is 20.3 Å². The maximum absolute atomic E-state index is 12.7. The number of likely N-dealkylation sites (tertiary alicyclic amines) is 1. The number of carbonyl (C=O) groups is 2. The third-order valence-electron chi connectivity index (χ3n) is 6.34. The monoisotopic (exact) mass is 524 g/mol. The van der Waals surface area contributed by atoms with E-state index in [-0.39, 0.29) is 35.6 Å². The van der Waals surface area contributed by atoms with Crippen LogP contribution in [0.4, 0.5) is 11.5 Å². The lowest BCUT2D eigenvalue weighted by Gasteiger charge is -2.31. The molecule has 1 aliphatic rings. The van der Waals surface area contributed by atoms with Gasteiger partial charge in [-0.1, -0.05) is 6.07 Å². The second-order valence-corrected chi connectivity index (χ2v) is 9.75. The molecule has 37 heavy (non-hydrogen) atoms. The van der Waals surface area contributed by atoms with Crippen molar-refractivity contribution in [3.8, 4) is 5.75 Å². The summed E-state index contributed by atoms with van der Waals surface area (Å²) in [7, 11) is 1.48. The number of rotatable bonds is 8. The fourth-order valence-electron chi connectivity index (χ4n) is 4.05. The largest absolute Gasteiger partial charge is 0.484 e. The minimum absolute atomic E-state index is 0.00328. The Kier molecular flexibility index (Phi) is 7.97. The molecule has 1 aromatic carbocycles. The number of aromatic nitrogens is 2. The third kappa shape index (κ3) is 6.20. The zero-order valence-corrected chi connectivity index (χ0v) is 21.7. The molecule has 0 atom stereocenters. The van der Waals surface area contributed by atoms with Gasteiger partial charge in [0.25, 0.3) is 11.8 Å². The molecule has 12 heteroatoms. The summed E-state index contributed by atoms with van der Waals surface area (Å²) in [5.74, 6) is 0.313. The van der Waals surface area contributed by atoms with E-state index in [1.165, 1.54) is 47.3 Å². The van der Waals surface area contributed by atoms with Crippen LogP contribution in [0.1, 0.15) is 45.4 Å². The molecule has 0 spiro atoms. The van der Waals surface area contributed by atoms with Crippen molar-refractivity contribution < 1.29 is 19.2 Å². The van der Waals surface area contributed by atoms with E-state index in [1.54, 1.807) is 10.3 Å². The van der Waals surface area contributed by atoms with E-state index in [0.717, 1.165) is 23.4 Å². The van der Waals surface area contributed by atoms with E-state index >= 15 is 0 Å². The van der Waals surface area contributed by atoms with Gasteiger partial charge in [0.1, 0.15) is 11.4 Å². The van der Waals surface area contributed by atoms with Crippen LogP contribution in [-0.2, 0) is 4.79 Å². The summed E-state index contributed by atoms with van der Waals surface area (Å²) >= 11 is 1.39. The number of carbonyl (C=O) groups excluding carboxylic acids is 2. The quantitative estimate of drug-likeness (QED) is 0.349. The second-order valence-electron chi connectivity index (χ2n) is 8.86. The average Bonchev–Trinajstić information content (AvgIpc) is 3.40. The van der Waals surface area contributed by atoms with Crippen LogP contribution < -0.4 is 15.2 Å². The van der Waals surface area contributed by atoms with Gasteiger partial charge < -0.3 is 9.64 Å². The molecule has 1 aliphatic heterocycles. The van der Waals surface area contributed by atoms with Gasteiger partial charge in [0, 0.05) is 43.7 Å². The highest BCUT2D eigenvalue weighted by atomic mass is 32.1. The van der Waals surface area contributed by atoms with Gasteiger partial charge in [-0.3, -0.25) is 30.1 Å². The standard InChI is InChI=1S/C25H28N6O5S/c1-16-6-7-19(13-17(16)2)36-14-22(32)30-11-8-18(9-12-30)25-27-20(15-37-25)24(33)28-29(3)23-21(31(34)35)5-4-10-26-23/h4-7,10,13,15,18H,8-9,11-12,14H2,1-3H3,(H,28,33). The molecule has 0 radical (unpaired) electrons. The number of piperidine rings is 1. The first-order chi connectivity index (χ1) is 17.7. The van der Waals surface area contributed by atoms with Crippen LogP contribution in [0.3, 0.4) is 0 Å². The van der Waals surface area contributed by atoms with E-state index in [2.05, 4.69) is 15.4 Å². The van der Waals surface area contributed by atoms with Crippen LogP contribution in [0.15, 0.2) is 41.9 Å². The molecule has 11 nitrogen and oxygen atoms in total. The number of nitro groups is 1. The number of hydrogen-bond acceptors (Lipinski definition) is 9. The van der Waals surface area contributed by atoms with Gasteiger partial charge in [0.05, 0.1) is 9.93 Å². The molecule has 3 heterocycles. The number of nitrogens with one attached hydrogen (secondary N) is 1. The molecule has 0 unspecified atom stereocenters. The summed E-state index contributed by atoms with van der Waals surface area (Å²) in [4.78, 5) is 46.3. The minimum atomic E-state index is -0.557. The van der Waals surface area contributed by atoms with Crippen molar-refractivity contribution >= 4 is 34.7 Å². The van der Waals surface area contributed by atoms with Gasteiger partial charge in [-0.2, -0.15) is 0 Å². The summed E-state index contributed by atoms with van der Waals surface area (Å²) in [6.45, 7) is 5.21.